The summed E-state index contributed by atoms with van der Waals surface area (Å²) in [7, 11) is 0. The Morgan fingerprint density at radius 1 is 1.62 bits per heavy atom. The summed E-state index contributed by atoms with van der Waals surface area (Å²) in [6.07, 6.45) is -0.359. The molecule has 13 heavy (non-hydrogen) atoms. The van der Waals surface area contributed by atoms with Gasteiger partial charge in [0.25, 0.3) is 0 Å². The maximum absolute atomic E-state index is 9.03. The fourth-order valence-corrected chi connectivity index (χ4v) is 1.30. The van der Waals surface area contributed by atoms with Crippen molar-refractivity contribution in [1.82, 2.24) is 0 Å². The van der Waals surface area contributed by atoms with Crippen LogP contribution in [-0.4, -0.2) is 17.8 Å². The molecule has 0 spiro atoms. The summed E-state index contributed by atoms with van der Waals surface area (Å²) in [6, 6.07) is 5.58. The first kappa shape index (κ1) is 10.8. The average Bonchev–Trinajstić information content (AvgIpc) is 2.07. The van der Waals surface area contributed by atoms with E-state index in [4.69, 9.17) is 16.7 Å². The average molecular weight is 265 g/mol. The molecule has 2 N–H and O–H groups in total. The van der Waals surface area contributed by atoms with Gasteiger partial charge in [0.2, 0.25) is 0 Å². The van der Waals surface area contributed by atoms with Gasteiger partial charge >= 0.3 is 0 Å². The molecule has 0 aliphatic rings. The van der Waals surface area contributed by atoms with Gasteiger partial charge in [-0.2, -0.15) is 0 Å². The van der Waals surface area contributed by atoms with Crippen molar-refractivity contribution < 1.29 is 5.11 Å². The number of hydrogen-bond acceptors (Lipinski definition) is 2. The fraction of sp³-hybridized carbons (Fsp3) is 0.333. The molecule has 1 rings (SSSR count). The summed E-state index contributed by atoms with van der Waals surface area (Å²) in [5, 5.41) is 12.8. The second-order valence-electron chi connectivity index (χ2n) is 2.86. The zero-order valence-electron chi connectivity index (χ0n) is 7.22. The molecule has 1 aromatic carbocycles. The summed E-state index contributed by atoms with van der Waals surface area (Å²) in [5.74, 6) is 0. The molecule has 1 unspecified atom stereocenters. The molecule has 1 atom stereocenters. The summed E-state index contributed by atoms with van der Waals surface area (Å²) in [6.45, 7) is 2.26. The molecule has 1 aromatic rings. The molecule has 0 aliphatic carbocycles. The Morgan fingerprint density at radius 2 is 2.31 bits per heavy atom. The molecule has 0 heterocycles. The normalized spacial score (nSPS) is 12.6. The van der Waals surface area contributed by atoms with Crippen LogP contribution in [0.1, 0.15) is 6.92 Å². The molecule has 0 amide bonds. The molecule has 0 saturated heterocycles. The second-order valence-corrected chi connectivity index (χ2v) is 4.12. The molecule has 0 radical (unpaired) electrons. The topological polar surface area (TPSA) is 32.3 Å². The minimum Gasteiger partial charge on any atom is -0.392 e. The van der Waals surface area contributed by atoms with Crippen LogP contribution in [0.5, 0.6) is 0 Å². The molecular formula is C9H11BrClNO. The van der Waals surface area contributed by atoms with Crippen LogP contribution < -0.4 is 5.32 Å². The van der Waals surface area contributed by atoms with Gasteiger partial charge in [-0.1, -0.05) is 11.6 Å². The Hall–Kier alpha value is -0.250. The van der Waals surface area contributed by atoms with Crippen molar-refractivity contribution >= 4 is 33.2 Å². The molecule has 72 valence electrons. The van der Waals surface area contributed by atoms with E-state index < -0.39 is 0 Å². The van der Waals surface area contributed by atoms with Crippen molar-refractivity contribution in [3.8, 4) is 0 Å². The lowest BCUT2D eigenvalue weighted by Crippen LogP contribution is -2.15. The Kier molecular flexibility index (Phi) is 4.03. The van der Waals surface area contributed by atoms with Gasteiger partial charge in [0.05, 0.1) is 11.1 Å². The van der Waals surface area contributed by atoms with Gasteiger partial charge in [-0.25, -0.2) is 0 Å². The van der Waals surface area contributed by atoms with Gasteiger partial charge in [0, 0.05) is 16.7 Å². The summed E-state index contributed by atoms with van der Waals surface area (Å²) >= 11 is 9.18. The standard InChI is InChI=1S/C9H11BrClNO/c1-6(13)5-12-7-2-3-8(10)9(11)4-7/h2-4,6,12-13H,5H2,1H3. The summed E-state index contributed by atoms with van der Waals surface area (Å²) in [4.78, 5) is 0. The van der Waals surface area contributed by atoms with Crippen molar-refractivity contribution in [3.63, 3.8) is 0 Å². The first-order valence-electron chi connectivity index (χ1n) is 3.96. The number of nitrogens with one attached hydrogen (secondary N) is 1. The molecular weight excluding hydrogens is 253 g/mol. The zero-order valence-corrected chi connectivity index (χ0v) is 9.56. The molecule has 0 saturated carbocycles. The SMILES string of the molecule is CC(O)CNc1ccc(Br)c(Cl)c1. The number of hydrogen-bond donors (Lipinski definition) is 2. The van der Waals surface area contributed by atoms with Gasteiger partial charge in [0.1, 0.15) is 0 Å². The van der Waals surface area contributed by atoms with E-state index in [0.29, 0.717) is 11.6 Å². The van der Waals surface area contributed by atoms with Gasteiger partial charge < -0.3 is 10.4 Å². The van der Waals surface area contributed by atoms with Crippen LogP contribution in [0.4, 0.5) is 5.69 Å². The van der Waals surface area contributed by atoms with E-state index in [1.54, 1.807) is 6.92 Å². The third-order valence-corrected chi connectivity index (χ3v) is 2.75. The van der Waals surface area contributed by atoms with E-state index in [1.165, 1.54) is 0 Å². The smallest absolute Gasteiger partial charge is 0.0684 e. The molecule has 0 aromatic heterocycles. The predicted molar refractivity (Wildman–Crippen MR) is 59.3 cm³/mol. The monoisotopic (exact) mass is 263 g/mol. The number of benzene rings is 1. The minimum absolute atomic E-state index is 0.359. The van der Waals surface area contributed by atoms with Gasteiger partial charge in [-0.15, -0.1) is 0 Å². The highest BCUT2D eigenvalue weighted by Crippen LogP contribution is 2.25. The van der Waals surface area contributed by atoms with E-state index in [2.05, 4.69) is 21.2 Å². The summed E-state index contributed by atoms with van der Waals surface area (Å²) in [5.41, 5.74) is 0.911. The van der Waals surface area contributed by atoms with E-state index in [0.717, 1.165) is 10.2 Å². The van der Waals surface area contributed by atoms with E-state index in [1.807, 2.05) is 18.2 Å². The molecule has 0 fully saturated rings. The van der Waals surface area contributed by atoms with Gasteiger partial charge in [0.15, 0.2) is 0 Å². The van der Waals surface area contributed by atoms with Gasteiger partial charge in [-0.3, -0.25) is 0 Å². The molecule has 0 aliphatic heterocycles. The predicted octanol–water partition coefficient (Wildman–Crippen LogP) is 2.90. The van der Waals surface area contributed by atoms with Crippen LogP contribution in [0.3, 0.4) is 0 Å². The molecule has 0 bridgehead atoms. The second kappa shape index (κ2) is 4.84. The third kappa shape index (κ3) is 3.55. The van der Waals surface area contributed by atoms with Crippen LogP contribution in [0.2, 0.25) is 5.02 Å². The quantitative estimate of drug-likeness (QED) is 0.880. The van der Waals surface area contributed by atoms with E-state index in [9.17, 15) is 0 Å². The fourth-order valence-electron chi connectivity index (χ4n) is 0.872. The van der Waals surface area contributed by atoms with Crippen LogP contribution in [0.15, 0.2) is 22.7 Å². The highest BCUT2D eigenvalue weighted by atomic mass is 79.9. The van der Waals surface area contributed by atoms with E-state index in [-0.39, 0.29) is 6.10 Å². The Labute approximate surface area is 91.0 Å². The van der Waals surface area contributed by atoms with Crippen LogP contribution in [0, 0.1) is 0 Å². The first-order chi connectivity index (χ1) is 6.09. The Bertz CT molecular complexity index is 291. The highest BCUT2D eigenvalue weighted by molar-refractivity contribution is 9.10. The highest BCUT2D eigenvalue weighted by Gasteiger charge is 1.99. The first-order valence-corrected chi connectivity index (χ1v) is 5.13. The van der Waals surface area contributed by atoms with Crippen LogP contribution >= 0.6 is 27.5 Å². The number of rotatable bonds is 3. The lowest BCUT2D eigenvalue weighted by atomic mass is 10.3. The van der Waals surface area contributed by atoms with Crippen molar-refractivity contribution in [2.45, 2.75) is 13.0 Å². The largest absolute Gasteiger partial charge is 0.392 e. The van der Waals surface area contributed by atoms with Crippen LogP contribution in [-0.2, 0) is 0 Å². The van der Waals surface area contributed by atoms with Crippen molar-refractivity contribution in [1.29, 1.82) is 0 Å². The lowest BCUT2D eigenvalue weighted by Gasteiger charge is -2.08. The zero-order chi connectivity index (χ0) is 9.84. The van der Waals surface area contributed by atoms with Crippen molar-refractivity contribution in [3.05, 3.63) is 27.7 Å². The number of aliphatic hydroxyl groups excluding tert-OH is 1. The summed E-state index contributed by atoms with van der Waals surface area (Å²) < 4.78 is 0.872. The van der Waals surface area contributed by atoms with Crippen molar-refractivity contribution in [2.24, 2.45) is 0 Å². The lowest BCUT2D eigenvalue weighted by molar-refractivity contribution is 0.208. The Morgan fingerprint density at radius 3 is 2.85 bits per heavy atom. The maximum atomic E-state index is 9.03. The third-order valence-electron chi connectivity index (χ3n) is 1.52. The van der Waals surface area contributed by atoms with E-state index >= 15 is 0 Å². The van der Waals surface area contributed by atoms with Gasteiger partial charge in [-0.05, 0) is 41.1 Å². The number of halogens is 2. The molecule has 4 heteroatoms. The Balaban J connectivity index is 2.63. The number of aliphatic hydroxyl groups is 1. The minimum atomic E-state index is -0.359. The maximum Gasteiger partial charge on any atom is 0.0684 e. The number of anilines is 1. The molecule has 2 nitrogen and oxygen atoms in total. The van der Waals surface area contributed by atoms with Crippen LogP contribution in [0.25, 0.3) is 0 Å². The van der Waals surface area contributed by atoms with Crippen molar-refractivity contribution in [2.75, 3.05) is 11.9 Å².